The summed E-state index contributed by atoms with van der Waals surface area (Å²) < 4.78 is 22.2. The van der Waals surface area contributed by atoms with Gasteiger partial charge in [-0.3, -0.25) is 0 Å². The van der Waals surface area contributed by atoms with Gasteiger partial charge < -0.3 is 19.6 Å². The van der Waals surface area contributed by atoms with E-state index >= 15 is 0 Å². The second-order valence-corrected chi connectivity index (χ2v) is 3.68. The summed E-state index contributed by atoms with van der Waals surface area (Å²) in [7, 11) is -10.1. The summed E-state index contributed by atoms with van der Waals surface area (Å²) in [6.07, 6.45) is 0. The first-order chi connectivity index (χ1) is 3.71. The standard InChI is InChI=1S/Al.Ca.H4O7P2.Zr.5H/c;;1-8(2,3)7-9(4,5)6;;;;;;/h;;(H2,1,2,3)(H2,4,5,6);;;;;;. The number of rotatable bonds is 2. The van der Waals surface area contributed by atoms with E-state index in [4.69, 9.17) is 19.6 Å². The summed E-state index contributed by atoms with van der Waals surface area (Å²) in [4.78, 5) is 31.0. The van der Waals surface area contributed by atoms with Crippen LogP contribution in [0.4, 0.5) is 0 Å². The van der Waals surface area contributed by atoms with Crippen LogP contribution >= 0.6 is 15.6 Å². The van der Waals surface area contributed by atoms with Gasteiger partial charge in [0.1, 0.15) is 0 Å². The van der Waals surface area contributed by atoms with Crippen molar-refractivity contribution in [2.75, 3.05) is 0 Å². The van der Waals surface area contributed by atoms with Gasteiger partial charge in [-0.15, -0.1) is 0 Å². The molecule has 0 unspecified atom stereocenters. The molecule has 0 rings (SSSR count). The second-order valence-electron chi connectivity index (χ2n) is 1.06. The average Bonchev–Trinajstić information content (AvgIpc) is 1.14. The quantitative estimate of drug-likeness (QED) is 0.313. The molecule has 7 nitrogen and oxygen atoms in total. The van der Waals surface area contributed by atoms with E-state index in [1.165, 1.54) is 0 Å². The second kappa shape index (κ2) is 9.18. The maximum atomic E-state index is 9.63. The van der Waals surface area contributed by atoms with Gasteiger partial charge in [0, 0.05) is 26.2 Å². The Bertz CT molecular complexity index is 162. The third kappa shape index (κ3) is 23.1. The van der Waals surface area contributed by atoms with Gasteiger partial charge in [-0.25, -0.2) is 9.13 Å². The Balaban J connectivity index is -0.000000107. The van der Waals surface area contributed by atoms with Gasteiger partial charge in [-0.05, 0) is 0 Å². The van der Waals surface area contributed by atoms with E-state index in [1.807, 2.05) is 0 Å². The van der Waals surface area contributed by atoms with E-state index in [2.05, 4.69) is 4.31 Å². The molecule has 0 amide bonds. The van der Waals surface area contributed by atoms with Crippen LogP contribution in [-0.2, 0) is 39.6 Å². The molecular weight excluding hydrogens is 332 g/mol. The maximum Gasteiger partial charge on any atom is 0 e. The van der Waals surface area contributed by atoms with Crippen molar-refractivity contribution in [2.45, 2.75) is 0 Å². The van der Waals surface area contributed by atoms with Crippen molar-refractivity contribution in [1.29, 1.82) is 0 Å². The molecule has 70 valence electrons. The zero-order valence-electron chi connectivity index (χ0n) is 4.41. The Kier molecular flexibility index (Phi) is 18.6. The van der Waals surface area contributed by atoms with E-state index in [1.54, 1.807) is 0 Å². The third-order valence-electron chi connectivity index (χ3n) is 0.213. The monoisotopic (exact) mass is 340 g/mol. The number of hydrogen-bond donors (Lipinski definition) is 4. The number of phosphoric acid groups is 2. The minimum Gasteiger partial charge on any atom is 0 e. The van der Waals surface area contributed by atoms with Crippen LogP contribution in [-0.4, -0.2) is 74.7 Å². The van der Waals surface area contributed by atoms with E-state index < -0.39 is 15.6 Å². The van der Waals surface area contributed by atoms with Crippen LogP contribution in [0.1, 0.15) is 0 Å². The van der Waals surface area contributed by atoms with Crippen LogP contribution < -0.4 is 0 Å². The molecule has 0 spiro atoms. The van der Waals surface area contributed by atoms with E-state index in [9.17, 15) is 9.13 Å². The van der Waals surface area contributed by atoms with E-state index in [0.29, 0.717) is 0 Å². The van der Waals surface area contributed by atoms with Crippen LogP contribution in [0.15, 0.2) is 0 Å². The molecule has 0 aromatic heterocycles. The smallest absolute Gasteiger partial charge is 0 e. The fraction of sp³-hybridized carbons (Fsp3) is 0. The Morgan fingerprint density at radius 3 is 1.08 bits per heavy atom. The van der Waals surface area contributed by atoms with Crippen molar-refractivity contribution in [3.05, 3.63) is 0 Å². The van der Waals surface area contributed by atoms with Crippen molar-refractivity contribution < 1.29 is 59.2 Å². The normalized spacial score (nSPS) is 10.3. The first-order valence-corrected chi connectivity index (χ1v) is 4.59. The molecule has 12 heavy (non-hydrogen) atoms. The average molecular weight is 341 g/mol. The molecule has 0 aliphatic heterocycles. The van der Waals surface area contributed by atoms with Crippen LogP contribution in [0, 0.1) is 0 Å². The van der Waals surface area contributed by atoms with E-state index in [-0.39, 0.29) is 81.3 Å². The molecule has 0 aliphatic rings. The molecule has 0 saturated carbocycles. The maximum absolute atomic E-state index is 9.63. The first kappa shape index (κ1) is 24.3. The van der Waals surface area contributed by atoms with Crippen LogP contribution in [0.2, 0.25) is 0 Å². The Morgan fingerprint density at radius 1 is 0.917 bits per heavy atom. The summed E-state index contributed by atoms with van der Waals surface area (Å²) in [6, 6.07) is 0. The Hall–Kier alpha value is 2.94. The minimum absolute atomic E-state index is 0. The summed E-state index contributed by atoms with van der Waals surface area (Å²) in [5, 5.41) is 0. The molecule has 12 heteroatoms. The predicted octanol–water partition coefficient (Wildman–Crippen LogP) is -2.91. The third-order valence-corrected chi connectivity index (χ3v) is 1.91. The zero-order valence-corrected chi connectivity index (χ0v) is 8.65. The van der Waals surface area contributed by atoms with Crippen LogP contribution in [0.25, 0.3) is 0 Å². The molecular formula is H9AlCaO7P2Zr. The predicted molar refractivity (Wildman–Crippen MR) is 43.7 cm³/mol. The minimum atomic E-state index is -5.05. The largest absolute Gasteiger partial charge is 0 e. The Morgan fingerprint density at radius 2 is 1.08 bits per heavy atom. The van der Waals surface area contributed by atoms with Crippen molar-refractivity contribution in [3.8, 4) is 0 Å². The van der Waals surface area contributed by atoms with Crippen molar-refractivity contribution >= 4 is 70.7 Å². The van der Waals surface area contributed by atoms with Gasteiger partial charge in [0.05, 0.1) is 0 Å². The van der Waals surface area contributed by atoms with E-state index in [0.717, 1.165) is 0 Å². The number of hydrogen-bond acceptors (Lipinski definition) is 3. The molecule has 4 N–H and O–H groups in total. The molecule has 0 heterocycles. The summed E-state index contributed by atoms with van der Waals surface area (Å²) in [5.74, 6) is 0. The van der Waals surface area contributed by atoms with Gasteiger partial charge in [0.25, 0.3) is 0 Å². The summed E-state index contributed by atoms with van der Waals surface area (Å²) >= 11 is 0. The molecule has 0 radical (unpaired) electrons. The van der Waals surface area contributed by atoms with Crippen molar-refractivity contribution in [2.24, 2.45) is 0 Å². The molecule has 0 saturated heterocycles. The Labute approximate surface area is 128 Å². The van der Waals surface area contributed by atoms with Crippen LogP contribution in [0.5, 0.6) is 0 Å². The summed E-state index contributed by atoms with van der Waals surface area (Å²) in [5.41, 5.74) is 0. The fourth-order valence-electron chi connectivity index (χ4n) is 0.139. The summed E-state index contributed by atoms with van der Waals surface area (Å²) in [6.45, 7) is 0. The van der Waals surface area contributed by atoms with Crippen molar-refractivity contribution in [1.82, 2.24) is 0 Å². The van der Waals surface area contributed by atoms with Crippen LogP contribution in [0.3, 0.4) is 0 Å². The molecule has 0 aliphatic carbocycles. The molecule has 0 fully saturated rings. The fourth-order valence-corrected chi connectivity index (χ4v) is 1.25. The zero-order chi connectivity index (χ0) is 7.71. The first-order valence-electron chi connectivity index (χ1n) is 1.53. The van der Waals surface area contributed by atoms with Gasteiger partial charge in [0.2, 0.25) is 0 Å². The van der Waals surface area contributed by atoms with Gasteiger partial charge in [-0.1, -0.05) is 0 Å². The molecule has 0 bridgehead atoms. The molecule has 0 aromatic rings. The SMILES string of the molecule is O=P(O)(O)OP(=O)(O)O.[AlH3].[CaH2].[Zr]. The van der Waals surface area contributed by atoms with Gasteiger partial charge >= 0.3 is 53.4 Å². The van der Waals surface area contributed by atoms with Crippen molar-refractivity contribution in [3.63, 3.8) is 0 Å². The van der Waals surface area contributed by atoms with Gasteiger partial charge in [-0.2, -0.15) is 4.31 Å². The van der Waals surface area contributed by atoms with Gasteiger partial charge in [0.15, 0.2) is 17.4 Å². The molecule has 0 aromatic carbocycles. The molecule has 0 atom stereocenters. The topological polar surface area (TPSA) is 124 Å².